The molecule has 1 saturated carbocycles. The monoisotopic (exact) mass is 876 g/mol. The number of amides is 1. The Morgan fingerprint density at radius 3 is 2.22 bits per heavy atom. The number of benzene rings is 2. The van der Waals surface area contributed by atoms with E-state index in [9.17, 15) is 39.9 Å². The normalized spacial score (nSPS) is 32.4. The zero-order valence-electron chi connectivity index (χ0n) is 37.8. The van der Waals surface area contributed by atoms with Gasteiger partial charge in [0.25, 0.3) is 11.7 Å². The van der Waals surface area contributed by atoms with E-state index >= 15 is 0 Å². The Kier molecular flexibility index (Phi) is 14.5. The number of methoxy groups -OCH3 is 1. The summed E-state index contributed by atoms with van der Waals surface area (Å²) in [5.41, 5.74) is -0.293. The van der Waals surface area contributed by atoms with E-state index in [0.29, 0.717) is 19.1 Å². The number of phenolic OH excluding ortho intramolecular Hbond substituents is 3. The van der Waals surface area contributed by atoms with Gasteiger partial charge in [-0.15, -0.1) is 0 Å². The molecule has 16 heteroatoms. The summed E-state index contributed by atoms with van der Waals surface area (Å²) in [4.78, 5) is 43.2. The number of aliphatic hydroxyl groups is 2. The molecule has 4 heterocycles. The molecule has 0 aromatic heterocycles. The Hall–Kier alpha value is -5.16. The lowest BCUT2D eigenvalue weighted by atomic mass is 9.78. The molecule has 0 radical (unpaired) electrons. The topological polar surface area (TPSA) is 220 Å². The Balaban J connectivity index is 1.47. The number of aromatic hydroxyl groups is 3. The molecule has 9 atom stereocenters. The van der Waals surface area contributed by atoms with Gasteiger partial charge in [0, 0.05) is 93.4 Å². The number of esters is 1. The molecule has 1 amide bonds. The van der Waals surface area contributed by atoms with Gasteiger partial charge in [-0.05, 0) is 32.8 Å². The van der Waals surface area contributed by atoms with E-state index in [-0.39, 0.29) is 44.5 Å². The van der Waals surface area contributed by atoms with Crippen molar-refractivity contribution < 1.29 is 58.9 Å². The molecular weight excluding hydrogens is 813 g/mol. The summed E-state index contributed by atoms with van der Waals surface area (Å²) >= 11 is 0. The molecule has 5 bridgehead atoms. The number of hydrazone groups is 1. The largest absolute Gasteiger partial charge is 0.507 e. The lowest BCUT2D eigenvalue weighted by Gasteiger charge is -2.38. The zero-order valence-corrected chi connectivity index (χ0v) is 37.8. The van der Waals surface area contributed by atoms with Crippen molar-refractivity contribution in [3.63, 3.8) is 0 Å². The van der Waals surface area contributed by atoms with E-state index in [2.05, 4.69) is 15.3 Å². The van der Waals surface area contributed by atoms with Crippen molar-refractivity contribution in [2.24, 2.45) is 28.8 Å². The first-order valence-electron chi connectivity index (χ1n) is 21.9. The highest BCUT2D eigenvalue weighted by Crippen LogP contribution is 2.55. The van der Waals surface area contributed by atoms with Crippen LogP contribution < -0.4 is 10.1 Å². The molecule has 3 unspecified atom stereocenters. The van der Waals surface area contributed by atoms with Gasteiger partial charge in [-0.3, -0.25) is 24.3 Å². The average molecular weight is 877 g/mol. The van der Waals surface area contributed by atoms with Gasteiger partial charge in [0.15, 0.2) is 5.75 Å². The van der Waals surface area contributed by atoms with Crippen LogP contribution in [-0.4, -0.2) is 129 Å². The molecule has 2 aromatic carbocycles. The minimum absolute atomic E-state index is 0.0631. The first-order chi connectivity index (χ1) is 29.8. The third kappa shape index (κ3) is 9.40. The summed E-state index contributed by atoms with van der Waals surface area (Å²) in [5.74, 6) is -8.28. The number of aliphatic hydroxyl groups excluding tert-OH is 2. The van der Waals surface area contributed by atoms with Gasteiger partial charge in [0.2, 0.25) is 0 Å². The quantitative estimate of drug-likeness (QED) is 0.0926. The molecule has 2 fully saturated rings. The van der Waals surface area contributed by atoms with Gasteiger partial charge in [-0.1, -0.05) is 58.8 Å². The Morgan fingerprint density at radius 1 is 0.921 bits per heavy atom. The summed E-state index contributed by atoms with van der Waals surface area (Å²) in [6, 6.07) is 0.553. The molecular formula is C47H64N4O12. The zero-order chi connectivity index (χ0) is 46.1. The van der Waals surface area contributed by atoms with Crippen molar-refractivity contribution in [1.29, 1.82) is 0 Å². The number of allylic oxidation sites excluding steroid dienone is 2. The number of carbonyl (C=O) groups excluding carboxylic acids is 3. The third-order valence-electron chi connectivity index (χ3n) is 13.5. The second kappa shape index (κ2) is 19.3. The Bertz CT molecular complexity index is 2190. The van der Waals surface area contributed by atoms with Crippen LogP contribution in [-0.2, 0) is 23.8 Å². The van der Waals surface area contributed by atoms with Crippen molar-refractivity contribution in [3.05, 3.63) is 52.8 Å². The van der Waals surface area contributed by atoms with Crippen molar-refractivity contribution in [2.75, 3.05) is 38.6 Å². The molecule has 7 rings (SSSR count). The maximum atomic E-state index is 14.5. The van der Waals surface area contributed by atoms with Crippen LogP contribution in [0.4, 0.5) is 5.69 Å². The van der Waals surface area contributed by atoms with Crippen LogP contribution in [0.25, 0.3) is 10.8 Å². The minimum Gasteiger partial charge on any atom is -0.507 e. The van der Waals surface area contributed by atoms with Gasteiger partial charge < -0.3 is 49.8 Å². The van der Waals surface area contributed by atoms with Crippen LogP contribution >= 0.6 is 0 Å². The van der Waals surface area contributed by atoms with Gasteiger partial charge in [0.05, 0.1) is 53.0 Å². The number of ketones is 1. The number of ether oxygens (including phenoxy) is 4. The number of nitrogens with one attached hydrogen (secondary N) is 1. The molecule has 1 aliphatic carbocycles. The predicted octanol–water partition coefficient (Wildman–Crippen LogP) is 5.65. The van der Waals surface area contributed by atoms with Crippen molar-refractivity contribution >= 4 is 40.3 Å². The molecule has 4 aliphatic heterocycles. The van der Waals surface area contributed by atoms with Gasteiger partial charge in [0.1, 0.15) is 23.4 Å². The fraction of sp³-hybridized carbons (Fsp3) is 0.574. The van der Waals surface area contributed by atoms with E-state index in [1.165, 1.54) is 85.1 Å². The van der Waals surface area contributed by atoms with Crippen LogP contribution in [0.15, 0.2) is 41.2 Å². The standard InChI is InChI=1S/C47H64N4O12/c1-24-13-12-14-25(2)46(59)49-37-32(23-48-51-20-18-50(19-21-51)31-15-10-11-16-31)41(56)34-35(42(37)57)40(55)29(6)44-36(34)45(58)47(8,63-44)61-22-17-33(60-9)26(3)43(62-30(7)52)28(5)39(54)27(4)38(24)53/h12-14,17,22-24,26-28,31,33,38-39,43,53-57H,10-11,15-16,18-21H2,1-9H3,(H,49,59)/b13-12+,22-17+,25-14-,48-23+/t24-,26+,27+,28+,33?,38-,39?,43?,47-/m0/s1. The maximum Gasteiger partial charge on any atom is 0.312 e. The number of rotatable bonds is 5. The number of fused-ring (bicyclic) bond motifs is 14. The number of Topliss-reactive ketones (excluding diaryl/α,β-unsaturated/α-hetero) is 1. The summed E-state index contributed by atoms with van der Waals surface area (Å²) in [6.45, 7) is 15.4. The van der Waals surface area contributed by atoms with Crippen molar-refractivity contribution in [1.82, 2.24) is 9.91 Å². The number of carbonyl (C=O) groups is 3. The van der Waals surface area contributed by atoms with E-state index in [1.807, 2.05) is 5.01 Å². The van der Waals surface area contributed by atoms with E-state index in [0.717, 1.165) is 13.1 Å². The lowest BCUT2D eigenvalue weighted by molar-refractivity contribution is -0.160. The molecule has 2 aromatic rings. The van der Waals surface area contributed by atoms with Crippen LogP contribution in [0.5, 0.6) is 23.0 Å². The maximum absolute atomic E-state index is 14.5. The average Bonchev–Trinajstić information content (AvgIpc) is 3.89. The summed E-state index contributed by atoms with van der Waals surface area (Å²) in [7, 11) is 1.44. The summed E-state index contributed by atoms with van der Waals surface area (Å²) in [6.07, 6.45) is 9.75. The predicted molar refractivity (Wildman–Crippen MR) is 237 cm³/mol. The fourth-order valence-electron chi connectivity index (χ4n) is 9.47. The first-order valence-corrected chi connectivity index (χ1v) is 21.9. The smallest absolute Gasteiger partial charge is 0.312 e. The lowest BCUT2D eigenvalue weighted by Crippen LogP contribution is -2.47. The van der Waals surface area contributed by atoms with Crippen molar-refractivity contribution in [3.8, 4) is 23.0 Å². The highest BCUT2D eigenvalue weighted by atomic mass is 16.7. The van der Waals surface area contributed by atoms with Gasteiger partial charge in [-0.2, -0.15) is 5.10 Å². The number of hydrogen-bond acceptors (Lipinski definition) is 15. The highest BCUT2D eigenvalue weighted by molar-refractivity contribution is 6.23. The molecule has 5 aliphatic rings. The van der Waals surface area contributed by atoms with Crippen LogP contribution in [0, 0.1) is 30.6 Å². The third-order valence-corrected chi connectivity index (χ3v) is 13.5. The number of anilines is 1. The number of nitrogens with zero attached hydrogens (tertiary/aromatic N) is 3. The molecule has 1 saturated heterocycles. The van der Waals surface area contributed by atoms with E-state index in [4.69, 9.17) is 18.9 Å². The van der Waals surface area contributed by atoms with E-state index in [1.54, 1.807) is 39.8 Å². The number of hydrogen-bond donors (Lipinski definition) is 6. The highest BCUT2D eigenvalue weighted by Gasteiger charge is 2.50. The van der Waals surface area contributed by atoms with Crippen LogP contribution in [0.1, 0.15) is 95.6 Å². The molecule has 16 nitrogen and oxygen atoms in total. The molecule has 6 N–H and O–H groups in total. The molecule has 0 spiro atoms. The van der Waals surface area contributed by atoms with E-state index < -0.39 is 88.8 Å². The van der Waals surface area contributed by atoms with Crippen molar-refractivity contribution in [2.45, 2.75) is 117 Å². The van der Waals surface area contributed by atoms with Gasteiger partial charge >= 0.3 is 11.8 Å². The Labute approximate surface area is 368 Å². The van der Waals surface area contributed by atoms with Crippen LogP contribution in [0.2, 0.25) is 0 Å². The molecule has 344 valence electrons. The molecule has 63 heavy (non-hydrogen) atoms. The number of piperazine rings is 1. The van der Waals surface area contributed by atoms with Gasteiger partial charge in [-0.25, -0.2) is 0 Å². The summed E-state index contributed by atoms with van der Waals surface area (Å²) in [5, 5.41) is 67.6. The Morgan fingerprint density at radius 2 is 1.59 bits per heavy atom. The minimum atomic E-state index is -2.04. The van der Waals surface area contributed by atoms with Crippen LogP contribution in [0.3, 0.4) is 0 Å². The second-order valence-corrected chi connectivity index (χ2v) is 17.8. The SMILES string of the molecule is COC1/C=C/O[C@@]2(C)Oc3c(C)c(O)c4c(O)c(c(/C=N/N5CCN(C6CCCC6)CC5)c(O)c4c3C2=O)NC(=O)/C(C)=C\C=C\[C@H](C)[C@H](O)[C@@H](C)C(O)[C@@H](C)C(OC(C)=O)[C@@H]1C. The first kappa shape index (κ1) is 47.3. The summed E-state index contributed by atoms with van der Waals surface area (Å²) < 4.78 is 23.7. The second-order valence-electron chi connectivity index (χ2n) is 17.8. The number of phenols is 3. The fourth-order valence-corrected chi connectivity index (χ4v) is 9.47.